The van der Waals surface area contributed by atoms with Gasteiger partial charge < -0.3 is 15.4 Å². The van der Waals surface area contributed by atoms with E-state index in [4.69, 9.17) is 4.74 Å². The Hall–Kier alpha value is -1.15. The van der Waals surface area contributed by atoms with Crippen LogP contribution < -0.4 is 10.6 Å². The van der Waals surface area contributed by atoms with Crippen molar-refractivity contribution in [1.82, 2.24) is 30.3 Å². The van der Waals surface area contributed by atoms with Crippen LogP contribution in [0.3, 0.4) is 0 Å². The Labute approximate surface area is 192 Å². The van der Waals surface area contributed by atoms with Crippen molar-refractivity contribution in [1.29, 1.82) is 0 Å². The molecule has 2 unspecified atom stereocenters. The molecular formula is C18H31F3IN7O. The first-order chi connectivity index (χ1) is 13.9. The number of alkyl halides is 3. The summed E-state index contributed by atoms with van der Waals surface area (Å²) in [4.78, 5) is 10.6. The minimum absolute atomic E-state index is 0. The predicted molar refractivity (Wildman–Crippen MR) is 118 cm³/mol. The van der Waals surface area contributed by atoms with Crippen molar-refractivity contribution < 1.29 is 17.9 Å². The van der Waals surface area contributed by atoms with E-state index in [1.54, 1.807) is 7.11 Å². The third kappa shape index (κ3) is 7.52. The van der Waals surface area contributed by atoms with E-state index >= 15 is 0 Å². The fourth-order valence-corrected chi connectivity index (χ4v) is 3.86. The molecule has 1 aromatic heterocycles. The van der Waals surface area contributed by atoms with Crippen LogP contribution in [0.4, 0.5) is 13.2 Å². The molecule has 172 valence electrons. The monoisotopic (exact) mass is 545 g/mol. The van der Waals surface area contributed by atoms with Gasteiger partial charge in [0.1, 0.15) is 12.4 Å². The van der Waals surface area contributed by atoms with Crippen LogP contribution in [0.2, 0.25) is 0 Å². The van der Waals surface area contributed by atoms with Crippen molar-refractivity contribution >= 4 is 29.9 Å². The number of aliphatic imine (C=N–C) groups is 1. The predicted octanol–water partition coefficient (Wildman–Crippen LogP) is 1.80. The number of nitrogens with one attached hydrogen (secondary N) is 2. The van der Waals surface area contributed by atoms with Crippen molar-refractivity contribution in [2.24, 2.45) is 10.9 Å². The number of aryl methyl sites for hydroxylation is 1. The maximum atomic E-state index is 12.6. The summed E-state index contributed by atoms with van der Waals surface area (Å²) in [5, 5.41) is 11.1. The average molecular weight is 545 g/mol. The Balaban J connectivity index is 0.00000320. The van der Waals surface area contributed by atoms with Crippen molar-refractivity contribution in [3.05, 3.63) is 11.6 Å². The summed E-state index contributed by atoms with van der Waals surface area (Å²) in [7, 11) is 1.62. The van der Waals surface area contributed by atoms with Crippen molar-refractivity contribution in [2.45, 2.75) is 51.6 Å². The number of ether oxygens (including phenoxy) is 1. The van der Waals surface area contributed by atoms with E-state index in [1.165, 1.54) is 4.90 Å². The molecule has 2 aliphatic heterocycles. The zero-order chi connectivity index (χ0) is 20.9. The van der Waals surface area contributed by atoms with E-state index in [1.807, 2.05) is 11.6 Å². The largest absolute Gasteiger partial charge is 0.401 e. The molecular weight excluding hydrogens is 514 g/mol. The maximum Gasteiger partial charge on any atom is 0.401 e. The van der Waals surface area contributed by atoms with Gasteiger partial charge in [0.15, 0.2) is 11.8 Å². The quantitative estimate of drug-likeness (QED) is 0.309. The molecule has 2 atom stereocenters. The van der Waals surface area contributed by atoms with Gasteiger partial charge in [-0.3, -0.25) is 9.89 Å². The highest BCUT2D eigenvalue weighted by molar-refractivity contribution is 14.0. The molecule has 3 heterocycles. The lowest BCUT2D eigenvalue weighted by atomic mass is 10.1. The molecule has 0 amide bonds. The number of hydrogen-bond acceptors (Lipinski definition) is 5. The van der Waals surface area contributed by atoms with E-state index in [2.05, 4.69) is 25.7 Å². The molecule has 0 aromatic carbocycles. The number of halogens is 4. The van der Waals surface area contributed by atoms with Crippen LogP contribution in [-0.4, -0.2) is 77.7 Å². The number of aromatic nitrogens is 3. The molecule has 0 spiro atoms. The molecule has 8 nitrogen and oxygen atoms in total. The van der Waals surface area contributed by atoms with Crippen LogP contribution in [0.25, 0.3) is 0 Å². The van der Waals surface area contributed by atoms with Gasteiger partial charge in [-0.2, -0.15) is 18.3 Å². The first kappa shape index (κ1) is 25.1. The SMILES string of the molecule is CCNC(=NCC1CCN(CC(F)(F)F)C1)NC1CCc2nc(COC)nn2C1.I. The number of guanidine groups is 1. The number of nitrogens with zero attached hydrogens (tertiary/aromatic N) is 5. The third-order valence-corrected chi connectivity index (χ3v) is 5.14. The van der Waals surface area contributed by atoms with Gasteiger partial charge in [0, 0.05) is 39.2 Å². The topological polar surface area (TPSA) is 79.6 Å². The Bertz CT molecular complexity index is 698. The highest BCUT2D eigenvalue weighted by Crippen LogP contribution is 2.23. The molecule has 30 heavy (non-hydrogen) atoms. The highest BCUT2D eigenvalue weighted by atomic mass is 127. The summed E-state index contributed by atoms with van der Waals surface area (Å²) in [6.07, 6.45) is -1.66. The minimum atomic E-state index is -4.14. The Kier molecular flexibility index (Phi) is 9.60. The molecule has 1 aromatic rings. The zero-order valence-corrected chi connectivity index (χ0v) is 19.7. The van der Waals surface area contributed by atoms with Gasteiger partial charge in [-0.1, -0.05) is 0 Å². The highest BCUT2D eigenvalue weighted by Gasteiger charge is 2.34. The smallest absolute Gasteiger partial charge is 0.377 e. The lowest BCUT2D eigenvalue weighted by Gasteiger charge is -2.25. The lowest BCUT2D eigenvalue weighted by molar-refractivity contribution is -0.143. The maximum absolute atomic E-state index is 12.6. The molecule has 2 aliphatic rings. The van der Waals surface area contributed by atoms with Gasteiger partial charge in [0.25, 0.3) is 0 Å². The molecule has 1 fully saturated rings. The van der Waals surface area contributed by atoms with Gasteiger partial charge in [-0.25, -0.2) is 9.67 Å². The fourth-order valence-electron chi connectivity index (χ4n) is 3.86. The van der Waals surface area contributed by atoms with Crippen LogP contribution in [0.15, 0.2) is 4.99 Å². The van der Waals surface area contributed by atoms with E-state index < -0.39 is 12.7 Å². The Morgan fingerprint density at radius 3 is 2.80 bits per heavy atom. The van der Waals surface area contributed by atoms with Crippen molar-refractivity contribution in [2.75, 3.05) is 39.8 Å². The molecule has 0 saturated carbocycles. The van der Waals surface area contributed by atoms with Crippen LogP contribution in [0.1, 0.15) is 31.4 Å². The van der Waals surface area contributed by atoms with Gasteiger partial charge >= 0.3 is 6.18 Å². The third-order valence-electron chi connectivity index (χ3n) is 5.14. The van der Waals surface area contributed by atoms with E-state index in [0.29, 0.717) is 44.6 Å². The summed E-state index contributed by atoms with van der Waals surface area (Å²) in [6, 6.07) is 0.169. The summed E-state index contributed by atoms with van der Waals surface area (Å²) < 4.78 is 44.7. The zero-order valence-electron chi connectivity index (χ0n) is 17.4. The second-order valence-corrected chi connectivity index (χ2v) is 7.66. The Morgan fingerprint density at radius 2 is 2.10 bits per heavy atom. The average Bonchev–Trinajstić information content (AvgIpc) is 3.24. The van der Waals surface area contributed by atoms with Gasteiger partial charge in [0.05, 0.1) is 13.1 Å². The second-order valence-electron chi connectivity index (χ2n) is 7.66. The minimum Gasteiger partial charge on any atom is -0.377 e. The van der Waals surface area contributed by atoms with E-state index in [0.717, 1.165) is 31.6 Å². The van der Waals surface area contributed by atoms with Gasteiger partial charge in [-0.15, -0.1) is 24.0 Å². The number of fused-ring (bicyclic) bond motifs is 1. The first-order valence-electron chi connectivity index (χ1n) is 10.1. The molecule has 0 radical (unpaired) electrons. The number of likely N-dealkylation sites (tertiary alicyclic amines) is 1. The van der Waals surface area contributed by atoms with Crippen molar-refractivity contribution in [3.8, 4) is 0 Å². The van der Waals surface area contributed by atoms with Crippen LogP contribution in [0.5, 0.6) is 0 Å². The first-order valence-corrected chi connectivity index (χ1v) is 10.1. The van der Waals surface area contributed by atoms with Crippen molar-refractivity contribution in [3.63, 3.8) is 0 Å². The van der Waals surface area contributed by atoms with Crippen LogP contribution in [-0.2, 0) is 24.3 Å². The molecule has 0 aliphatic carbocycles. The number of rotatable bonds is 7. The molecule has 1 saturated heterocycles. The normalized spacial score (nSPS) is 22.5. The summed E-state index contributed by atoms with van der Waals surface area (Å²) in [6.45, 7) is 4.40. The van der Waals surface area contributed by atoms with E-state index in [-0.39, 0.29) is 35.9 Å². The standard InChI is InChI=1S/C18H30F3N7O.HI/c1-3-22-17(23-8-13-6-7-27(9-13)12-18(19,20)21)24-14-4-5-16-25-15(11-29-2)26-28(16)10-14;/h13-14H,3-12H2,1-2H3,(H2,22,23,24);1H. The summed E-state index contributed by atoms with van der Waals surface area (Å²) in [5.74, 6) is 2.51. The molecule has 3 rings (SSSR count). The number of methoxy groups -OCH3 is 1. The number of hydrogen-bond donors (Lipinski definition) is 2. The summed E-state index contributed by atoms with van der Waals surface area (Å²) >= 11 is 0. The Morgan fingerprint density at radius 1 is 1.30 bits per heavy atom. The molecule has 0 bridgehead atoms. The van der Waals surface area contributed by atoms with Gasteiger partial charge in [0.2, 0.25) is 0 Å². The lowest BCUT2D eigenvalue weighted by Crippen LogP contribution is -2.47. The fraction of sp³-hybridized carbons (Fsp3) is 0.833. The summed E-state index contributed by atoms with van der Waals surface area (Å²) in [5.41, 5.74) is 0. The second kappa shape index (κ2) is 11.5. The van der Waals surface area contributed by atoms with Crippen LogP contribution in [0, 0.1) is 5.92 Å². The van der Waals surface area contributed by atoms with E-state index in [9.17, 15) is 13.2 Å². The molecule has 12 heteroatoms. The van der Waals surface area contributed by atoms with Crippen LogP contribution >= 0.6 is 24.0 Å². The molecule has 2 N–H and O–H groups in total. The van der Waals surface area contributed by atoms with Gasteiger partial charge in [-0.05, 0) is 32.2 Å².